The van der Waals surface area contributed by atoms with Crippen LogP contribution in [0.25, 0.3) is 10.9 Å². The van der Waals surface area contributed by atoms with Crippen LogP contribution in [0.2, 0.25) is 0 Å². The number of carbonyl (C=O) groups is 3. The average molecular weight is 494 g/mol. The van der Waals surface area contributed by atoms with Crippen LogP contribution in [0.4, 0.5) is 5.69 Å². The summed E-state index contributed by atoms with van der Waals surface area (Å²) in [5, 5.41) is 6.73. The Morgan fingerprint density at radius 1 is 1.00 bits per heavy atom. The van der Waals surface area contributed by atoms with Gasteiger partial charge in [-0.15, -0.1) is 0 Å². The van der Waals surface area contributed by atoms with Crippen molar-refractivity contribution in [2.45, 2.75) is 58.4 Å². The topological polar surface area (TPSA) is 110 Å². The van der Waals surface area contributed by atoms with Crippen LogP contribution in [0.3, 0.4) is 0 Å². The van der Waals surface area contributed by atoms with Crippen LogP contribution in [-0.2, 0) is 20.8 Å². The van der Waals surface area contributed by atoms with Crippen molar-refractivity contribution in [3.05, 3.63) is 53.7 Å². The highest BCUT2D eigenvalue weighted by molar-refractivity contribution is 5.99. The second-order valence-electron chi connectivity index (χ2n) is 8.93. The van der Waals surface area contributed by atoms with Crippen LogP contribution in [0, 0.1) is 6.92 Å². The fourth-order valence-corrected chi connectivity index (χ4v) is 4.26. The number of Topliss-reactive ketones (excluding diaryl/α,β-unsaturated/α-hetero) is 1. The molecular weight excluding hydrogens is 458 g/mol. The van der Waals surface area contributed by atoms with Gasteiger partial charge in [0.1, 0.15) is 23.3 Å². The molecule has 1 heterocycles. The van der Waals surface area contributed by atoms with E-state index in [1.165, 1.54) is 7.11 Å². The largest absolute Gasteiger partial charge is 0.497 e. The van der Waals surface area contributed by atoms with E-state index < -0.39 is 6.04 Å². The molecule has 0 fully saturated rings. The van der Waals surface area contributed by atoms with E-state index in [1.807, 2.05) is 37.3 Å². The van der Waals surface area contributed by atoms with Crippen LogP contribution in [-0.4, -0.2) is 42.8 Å². The summed E-state index contributed by atoms with van der Waals surface area (Å²) < 4.78 is 10.7. The van der Waals surface area contributed by atoms with Crippen molar-refractivity contribution in [2.24, 2.45) is 0 Å². The Labute approximate surface area is 211 Å². The minimum Gasteiger partial charge on any atom is -0.497 e. The van der Waals surface area contributed by atoms with E-state index in [9.17, 15) is 14.4 Å². The van der Waals surface area contributed by atoms with Gasteiger partial charge in [-0.1, -0.05) is 25.0 Å². The summed E-state index contributed by atoms with van der Waals surface area (Å²) in [5.41, 5.74) is 3.23. The van der Waals surface area contributed by atoms with Crippen LogP contribution in [0.15, 0.2) is 42.5 Å². The quantitative estimate of drug-likeness (QED) is 0.299. The number of nitrogens with one attached hydrogen (secondary N) is 3. The Morgan fingerprint density at radius 2 is 1.78 bits per heavy atom. The lowest BCUT2D eigenvalue weighted by molar-refractivity contribution is -0.126. The molecule has 0 radical (unpaired) electrons. The van der Waals surface area contributed by atoms with Crippen molar-refractivity contribution >= 4 is 34.2 Å². The number of hydrogen-bond acceptors (Lipinski definition) is 5. The number of hydrogen-bond donors (Lipinski definition) is 3. The molecule has 0 bridgehead atoms. The number of aromatic amines is 1. The number of para-hydroxylation sites is 2. The molecule has 2 amide bonds. The normalized spacial score (nSPS) is 11.7. The summed E-state index contributed by atoms with van der Waals surface area (Å²) in [4.78, 5) is 40.9. The van der Waals surface area contributed by atoms with Gasteiger partial charge in [0.05, 0.1) is 26.3 Å². The predicted octanol–water partition coefficient (Wildman–Crippen LogP) is 4.70. The molecule has 8 nitrogen and oxygen atoms in total. The maximum Gasteiger partial charge on any atom is 0.247 e. The van der Waals surface area contributed by atoms with E-state index in [4.69, 9.17) is 9.47 Å². The molecule has 8 heteroatoms. The van der Waals surface area contributed by atoms with Gasteiger partial charge in [0.2, 0.25) is 11.8 Å². The third kappa shape index (κ3) is 7.10. The molecule has 1 unspecified atom stereocenters. The molecule has 0 saturated carbocycles. The van der Waals surface area contributed by atoms with Crippen molar-refractivity contribution in [3.63, 3.8) is 0 Å². The number of ether oxygens (including phenoxy) is 2. The zero-order valence-electron chi connectivity index (χ0n) is 21.4. The van der Waals surface area contributed by atoms with Crippen molar-refractivity contribution in [1.82, 2.24) is 10.3 Å². The first-order valence-electron chi connectivity index (χ1n) is 12.2. The van der Waals surface area contributed by atoms with Crippen molar-refractivity contribution in [2.75, 3.05) is 19.5 Å². The predicted molar refractivity (Wildman–Crippen MR) is 141 cm³/mol. The number of ketones is 1. The van der Waals surface area contributed by atoms with Gasteiger partial charge in [-0.3, -0.25) is 9.59 Å². The highest BCUT2D eigenvalue weighted by Gasteiger charge is 2.23. The number of unbranched alkanes of at least 4 members (excludes halogenated alkanes) is 2. The third-order valence-corrected chi connectivity index (χ3v) is 6.20. The summed E-state index contributed by atoms with van der Waals surface area (Å²) >= 11 is 0. The van der Waals surface area contributed by atoms with Gasteiger partial charge < -0.3 is 29.9 Å². The number of fused-ring (bicyclic) bond motifs is 1. The lowest BCUT2D eigenvalue weighted by atomic mass is 10.0. The molecule has 36 heavy (non-hydrogen) atoms. The third-order valence-electron chi connectivity index (χ3n) is 6.20. The molecule has 0 spiro atoms. The molecular formula is C28H35N3O5. The smallest absolute Gasteiger partial charge is 0.247 e. The van der Waals surface area contributed by atoms with E-state index in [2.05, 4.69) is 15.6 Å². The maximum absolute atomic E-state index is 13.2. The summed E-state index contributed by atoms with van der Waals surface area (Å²) in [5.74, 6) is 0.852. The minimum absolute atomic E-state index is 0.127. The summed E-state index contributed by atoms with van der Waals surface area (Å²) in [6.07, 6.45) is 3.39. The zero-order valence-corrected chi connectivity index (χ0v) is 21.4. The first-order chi connectivity index (χ1) is 17.3. The summed E-state index contributed by atoms with van der Waals surface area (Å²) in [6.45, 7) is 3.50. The Morgan fingerprint density at radius 3 is 2.50 bits per heavy atom. The van der Waals surface area contributed by atoms with Crippen LogP contribution in [0.1, 0.15) is 50.3 Å². The Hall–Kier alpha value is -3.81. The molecule has 0 aliphatic carbocycles. The summed E-state index contributed by atoms with van der Waals surface area (Å²) in [6, 6.07) is 12.1. The number of carbonyl (C=O) groups excluding carboxylic acids is 3. The second-order valence-corrected chi connectivity index (χ2v) is 8.93. The minimum atomic E-state index is -0.722. The maximum atomic E-state index is 13.2. The van der Waals surface area contributed by atoms with Gasteiger partial charge in [-0.05, 0) is 62.6 Å². The number of aromatic nitrogens is 1. The molecule has 0 aliphatic heterocycles. The fraction of sp³-hybridized carbons (Fsp3) is 0.393. The molecule has 1 aromatic heterocycles. The second kappa shape index (κ2) is 12.8. The first-order valence-corrected chi connectivity index (χ1v) is 12.2. The molecule has 2 aromatic carbocycles. The lowest BCUT2D eigenvalue weighted by Gasteiger charge is -2.19. The lowest BCUT2D eigenvalue weighted by Crippen LogP contribution is -2.44. The molecule has 3 aromatic rings. The van der Waals surface area contributed by atoms with Gasteiger partial charge in [0.25, 0.3) is 0 Å². The molecule has 0 saturated heterocycles. The Balaban J connectivity index is 1.73. The van der Waals surface area contributed by atoms with Crippen molar-refractivity contribution in [3.8, 4) is 11.5 Å². The summed E-state index contributed by atoms with van der Waals surface area (Å²) in [7, 11) is 3.15. The monoisotopic (exact) mass is 493 g/mol. The van der Waals surface area contributed by atoms with Gasteiger partial charge in [-0.25, -0.2) is 0 Å². The first kappa shape index (κ1) is 26.8. The highest BCUT2D eigenvalue weighted by Crippen LogP contribution is 2.27. The number of methoxy groups -OCH3 is 2. The number of aryl methyl sites for hydroxylation is 1. The number of anilines is 1. The van der Waals surface area contributed by atoms with Crippen LogP contribution >= 0.6 is 0 Å². The molecule has 3 N–H and O–H groups in total. The number of benzene rings is 2. The van der Waals surface area contributed by atoms with Gasteiger partial charge in [0, 0.05) is 23.0 Å². The van der Waals surface area contributed by atoms with E-state index in [0.29, 0.717) is 36.4 Å². The Kier molecular flexibility index (Phi) is 9.50. The number of amides is 2. The Bertz CT molecular complexity index is 1220. The number of H-pyrrole nitrogens is 1. The zero-order chi connectivity index (χ0) is 26.1. The van der Waals surface area contributed by atoms with E-state index in [1.54, 1.807) is 26.2 Å². The average Bonchev–Trinajstić information content (AvgIpc) is 3.17. The van der Waals surface area contributed by atoms with Crippen molar-refractivity contribution < 1.29 is 23.9 Å². The molecule has 192 valence electrons. The van der Waals surface area contributed by atoms with Crippen LogP contribution in [0.5, 0.6) is 11.5 Å². The van der Waals surface area contributed by atoms with Crippen LogP contribution < -0.4 is 20.1 Å². The van der Waals surface area contributed by atoms with Gasteiger partial charge >= 0.3 is 0 Å². The SMILES string of the molecule is COc1ccc2[nH]c(C)c(CC(=O)NC(CCCCCC(C)=O)C(=O)Nc3ccccc3OC)c2c1. The molecule has 1 atom stereocenters. The molecule has 3 rings (SSSR count). The standard InChI is InChI=1S/C28H35N3O5/c1-18(32)10-6-5-7-12-25(28(34)31-24-11-8-9-13-26(24)36-4)30-27(33)17-21-19(2)29-23-15-14-20(35-3)16-22(21)23/h8-9,11,13-16,25,29H,5-7,10,12,17H2,1-4H3,(H,30,33)(H,31,34). The number of rotatable bonds is 13. The van der Waals surface area contributed by atoms with Gasteiger partial charge in [-0.2, -0.15) is 0 Å². The molecule has 0 aliphatic rings. The van der Waals surface area contributed by atoms with Crippen molar-refractivity contribution in [1.29, 1.82) is 0 Å². The van der Waals surface area contributed by atoms with Gasteiger partial charge in [0.15, 0.2) is 0 Å². The highest BCUT2D eigenvalue weighted by atomic mass is 16.5. The van der Waals surface area contributed by atoms with E-state index >= 15 is 0 Å². The van der Waals surface area contributed by atoms with E-state index in [-0.39, 0.29) is 24.0 Å². The fourth-order valence-electron chi connectivity index (χ4n) is 4.26. The van der Waals surface area contributed by atoms with E-state index in [0.717, 1.165) is 35.0 Å².